The van der Waals surface area contributed by atoms with Crippen LogP contribution in [0.3, 0.4) is 0 Å². The number of ether oxygens (including phenoxy) is 1. The number of urea groups is 1. The van der Waals surface area contributed by atoms with Gasteiger partial charge in [0.1, 0.15) is 6.04 Å². The van der Waals surface area contributed by atoms with E-state index in [2.05, 4.69) is 16.0 Å². The van der Waals surface area contributed by atoms with Gasteiger partial charge in [-0.1, -0.05) is 17.7 Å². The van der Waals surface area contributed by atoms with Gasteiger partial charge in [-0.25, -0.2) is 4.79 Å². The molecule has 0 spiro atoms. The lowest BCUT2D eigenvalue weighted by molar-refractivity contribution is -0.153. The predicted molar refractivity (Wildman–Crippen MR) is 85.1 cm³/mol. The molecule has 0 unspecified atom stereocenters. The molecule has 1 aromatic carbocycles. The van der Waals surface area contributed by atoms with E-state index < -0.39 is 36.0 Å². The topological polar surface area (TPSA) is 114 Å². The van der Waals surface area contributed by atoms with Crippen LogP contribution in [0.15, 0.2) is 24.3 Å². The molecule has 24 heavy (non-hydrogen) atoms. The molecule has 0 bridgehead atoms. The van der Waals surface area contributed by atoms with Crippen LogP contribution in [0.2, 0.25) is 0 Å². The molecule has 8 nitrogen and oxygen atoms in total. The minimum Gasteiger partial charge on any atom is -0.453 e. The van der Waals surface area contributed by atoms with Crippen molar-refractivity contribution in [3.8, 4) is 0 Å². The Labute approximate surface area is 138 Å². The highest BCUT2D eigenvalue weighted by Gasteiger charge is 2.30. The third-order valence-electron chi connectivity index (χ3n) is 3.49. The van der Waals surface area contributed by atoms with Crippen molar-refractivity contribution in [1.82, 2.24) is 10.6 Å². The third-order valence-corrected chi connectivity index (χ3v) is 3.49. The molecule has 0 radical (unpaired) electrons. The summed E-state index contributed by atoms with van der Waals surface area (Å²) in [5.41, 5.74) is 1.68. The van der Waals surface area contributed by atoms with Crippen LogP contribution in [0.4, 0.5) is 10.5 Å². The van der Waals surface area contributed by atoms with Gasteiger partial charge in [-0.2, -0.15) is 0 Å². The maximum absolute atomic E-state index is 12.0. The molecule has 1 aliphatic rings. The second kappa shape index (κ2) is 7.58. The monoisotopic (exact) mass is 333 g/mol. The number of hydrogen-bond donors (Lipinski definition) is 3. The molecule has 1 fully saturated rings. The van der Waals surface area contributed by atoms with Gasteiger partial charge in [0, 0.05) is 12.1 Å². The molecule has 128 valence electrons. The summed E-state index contributed by atoms with van der Waals surface area (Å²) in [6, 6.07) is 5.89. The summed E-state index contributed by atoms with van der Waals surface area (Å²) in [5, 5.41) is 7.11. The van der Waals surface area contributed by atoms with Gasteiger partial charge in [0.05, 0.1) is 0 Å². The van der Waals surface area contributed by atoms with Gasteiger partial charge < -0.3 is 15.4 Å². The normalized spacial score (nSPS) is 17.7. The SMILES string of the molecule is Cc1ccc(NC(=O)[C@H](C)OC(=O)CC[C@@H]2NC(=O)NC2=O)cc1. The van der Waals surface area contributed by atoms with E-state index >= 15 is 0 Å². The zero-order chi connectivity index (χ0) is 17.7. The highest BCUT2D eigenvalue weighted by molar-refractivity contribution is 6.04. The first kappa shape index (κ1) is 17.5. The number of rotatable bonds is 6. The van der Waals surface area contributed by atoms with Gasteiger partial charge in [0.25, 0.3) is 11.8 Å². The quantitative estimate of drug-likeness (QED) is 0.528. The average molecular weight is 333 g/mol. The number of esters is 1. The fraction of sp³-hybridized carbons (Fsp3) is 0.375. The largest absolute Gasteiger partial charge is 0.453 e. The van der Waals surface area contributed by atoms with Gasteiger partial charge in [0.15, 0.2) is 6.10 Å². The number of aryl methyl sites for hydroxylation is 1. The number of anilines is 1. The standard InChI is InChI=1S/C16H19N3O5/c1-9-3-5-11(6-4-9)17-14(21)10(2)24-13(20)8-7-12-15(22)19-16(23)18-12/h3-6,10,12H,7-8H2,1-2H3,(H,17,21)(H2,18,19,22,23)/t10-,12-/m0/s1. The molecule has 1 aromatic rings. The minimum absolute atomic E-state index is 0.0828. The van der Waals surface area contributed by atoms with Crippen LogP contribution < -0.4 is 16.0 Å². The van der Waals surface area contributed by atoms with Gasteiger partial charge >= 0.3 is 12.0 Å². The van der Waals surface area contributed by atoms with E-state index in [-0.39, 0.29) is 12.8 Å². The first-order valence-electron chi connectivity index (χ1n) is 7.53. The van der Waals surface area contributed by atoms with Gasteiger partial charge in [0.2, 0.25) is 0 Å². The van der Waals surface area contributed by atoms with E-state index in [1.54, 1.807) is 12.1 Å². The third kappa shape index (κ3) is 4.80. The van der Waals surface area contributed by atoms with Crippen LogP contribution in [-0.2, 0) is 19.1 Å². The summed E-state index contributed by atoms with van der Waals surface area (Å²) in [6.07, 6.45) is -0.936. The maximum atomic E-state index is 12.0. The Hall–Kier alpha value is -2.90. The van der Waals surface area contributed by atoms with Crippen LogP contribution >= 0.6 is 0 Å². The lowest BCUT2D eigenvalue weighted by Gasteiger charge is -2.14. The van der Waals surface area contributed by atoms with E-state index in [0.29, 0.717) is 5.69 Å². The molecule has 0 saturated carbocycles. The number of carbonyl (C=O) groups excluding carboxylic acids is 4. The van der Waals surface area contributed by atoms with Crippen molar-refractivity contribution in [1.29, 1.82) is 0 Å². The van der Waals surface area contributed by atoms with Gasteiger partial charge in [-0.3, -0.25) is 19.7 Å². The van der Waals surface area contributed by atoms with E-state index in [1.165, 1.54) is 6.92 Å². The van der Waals surface area contributed by atoms with Crippen molar-refractivity contribution in [2.75, 3.05) is 5.32 Å². The molecular formula is C16H19N3O5. The average Bonchev–Trinajstić information content (AvgIpc) is 2.85. The Balaban J connectivity index is 1.76. The van der Waals surface area contributed by atoms with Crippen LogP contribution in [-0.4, -0.2) is 36.0 Å². The van der Waals surface area contributed by atoms with Crippen molar-refractivity contribution in [3.63, 3.8) is 0 Å². The molecular weight excluding hydrogens is 314 g/mol. The van der Waals surface area contributed by atoms with Crippen molar-refractivity contribution in [3.05, 3.63) is 29.8 Å². The van der Waals surface area contributed by atoms with E-state index in [4.69, 9.17) is 4.74 Å². The summed E-state index contributed by atoms with van der Waals surface area (Å²) < 4.78 is 5.03. The Kier molecular flexibility index (Phi) is 5.51. The second-order valence-electron chi connectivity index (χ2n) is 5.54. The molecule has 1 saturated heterocycles. The zero-order valence-electron chi connectivity index (χ0n) is 13.4. The number of hydrogen-bond acceptors (Lipinski definition) is 5. The number of nitrogens with one attached hydrogen (secondary N) is 3. The molecule has 1 aliphatic heterocycles. The molecule has 0 aliphatic carbocycles. The molecule has 1 heterocycles. The Morgan fingerprint density at radius 3 is 2.50 bits per heavy atom. The number of amides is 4. The molecule has 2 rings (SSSR count). The van der Waals surface area contributed by atoms with Crippen molar-refractivity contribution < 1.29 is 23.9 Å². The van der Waals surface area contributed by atoms with Crippen LogP contribution in [0.25, 0.3) is 0 Å². The predicted octanol–water partition coefficient (Wildman–Crippen LogP) is 0.853. The van der Waals surface area contributed by atoms with E-state index in [1.807, 2.05) is 19.1 Å². The highest BCUT2D eigenvalue weighted by Crippen LogP contribution is 2.10. The summed E-state index contributed by atoms with van der Waals surface area (Å²) >= 11 is 0. The van der Waals surface area contributed by atoms with Gasteiger partial charge in [-0.05, 0) is 32.4 Å². The second-order valence-corrected chi connectivity index (χ2v) is 5.54. The summed E-state index contributed by atoms with van der Waals surface area (Å²) in [6.45, 7) is 3.40. The molecule has 3 N–H and O–H groups in total. The van der Waals surface area contributed by atoms with Crippen LogP contribution in [0.5, 0.6) is 0 Å². The van der Waals surface area contributed by atoms with Gasteiger partial charge in [-0.15, -0.1) is 0 Å². The Bertz CT molecular complexity index is 656. The lowest BCUT2D eigenvalue weighted by atomic mass is 10.1. The number of imide groups is 1. The number of benzene rings is 1. The molecule has 4 amide bonds. The first-order chi connectivity index (χ1) is 11.3. The van der Waals surface area contributed by atoms with E-state index in [0.717, 1.165) is 5.56 Å². The molecule has 0 aromatic heterocycles. The fourth-order valence-electron chi connectivity index (χ4n) is 2.11. The molecule has 8 heteroatoms. The molecule has 2 atom stereocenters. The van der Waals surface area contributed by atoms with Crippen LogP contribution in [0, 0.1) is 6.92 Å². The maximum Gasteiger partial charge on any atom is 0.322 e. The Morgan fingerprint density at radius 2 is 1.92 bits per heavy atom. The van der Waals surface area contributed by atoms with Crippen molar-refractivity contribution in [2.45, 2.75) is 38.8 Å². The summed E-state index contributed by atoms with van der Waals surface area (Å²) in [5.74, 6) is -1.53. The fourth-order valence-corrected chi connectivity index (χ4v) is 2.11. The smallest absolute Gasteiger partial charge is 0.322 e. The van der Waals surface area contributed by atoms with Crippen molar-refractivity contribution >= 4 is 29.5 Å². The van der Waals surface area contributed by atoms with E-state index in [9.17, 15) is 19.2 Å². The number of carbonyl (C=O) groups is 4. The Morgan fingerprint density at radius 1 is 1.25 bits per heavy atom. The zero-order valence-corrected chi connectivity index (χ0v) is 13.4. The van der Waals surface area contributed by atoms with Crippen LogP contribution in [0.1, 0.15) is 25.3 Å². The highest BCUT2D eigenvalue weighted by atomic mass is 16.5. The summed E-state index contributed by atoms with van der Waals surface area (Å²) in [4.78, 5) is 46.0. The lowest BCUT2D eigenvalue weighted by Crippen LogP contribution is -2.32. The first-order valence-corrected chi connectivity index (χ1v) is 7.53. The van der Waals surface area contributed by atoms with Crippen molar-refractivity contribution in [2.24, 2.45) is 0 Å². The minimum atomic E-state index is -0.967. The summed E-state index contributed by atoms with van der Waals surface area (Å²) in [7, 11) is 0.